The largest absolute Gasteiger partial charge is 0.376 e. The minimum atomic E-state index is -3.93. The fraction of sp³-hybridized carbons (Fsp3) is 0.467. The molecule has 0 amide bonds. The molecule has 25 heavy (non-hydrogen) atoms. The summed E-state index contributed by atoms with van der Waals surface area (Å²) in [6.07, 6.45) is 3.11. The molecule has 1 fully saturated rings. The van der Waals surface area contributed by atoms with Gasteiger partial charge in [-0.25, -0.2) is 17.7 Å². The van der Waals surface area contributed by atoms with Crippen LogP contribution in [0, 0.1) is 6.92 Å². The lowest BCUT2D eigenvalue weighted by Crippen LogP contribution is -2.38. The van der Waals surface area contributed by atoms with E-state index in [0.29, 0.717) is 18.1 Å². The van der Waals surface area contributed by atoms with Gasteiger partial charge in [-0.2, -0.15) is 5.10 Å². The summed E-state index contributed by atoms with van der Waals surface area (Å²) in [6, 6.07) is 3.40. The highest BCUT2D eigenvalue weighted by Crippen LogP contribution is 2.31. The van der Waals surface area contributed by atoms with Crippen LogP contribution in [0.3, 0.4) is 0 Å². The summed E-state index contributed by atoms with van der Waals surface area (Å²) < 4.78 is 35.7. The van der Waals surface area contributed by atoms with Gasteiger partial charge in [0.05, 0.1) is 18.3 Å². The second kappa shape index (κ2) is 7.22. The predicted octanol–water partition coefficient (Wildman–Crippen LogP) is 2.91. The van der Waals surface area contributed by atoms with Gasteiger partial charge >= 0.3 is 0 Å². The zero-order chi connectivity index (χ0) is 18.2. The molecule has 2 aromatic heterocycles. The lowest BCUT2D eigenvalue weighted by atomic mass is 10.2. The van der Waals surface area contributed by atoms with Crippen molar-refractivity contribution in [1.82, 2.24) is 14.8 Å². The zero-order valence-electron chi connectivity index (χ0n) is 13.8. The molecule has 1 aliphatic rings. The number of aromatic nitrogens is 3. The average Bonchev–Trinajstić information content (AvgIpc) is 3.14. The Bertz CT molecular complexity index is 864. The number of anilines is 1. The van der Waals surface area contributed by atoms with Crippen LogP contribution in [-0.4, -0.2) is 42.4 Å². The molecular weight excluding hydrogens is 432 g/mol. The van der Waals surface area contributed by atoms with E-state index in [1.54, 1.807) is 32.3 Å². The van der Waals surface area contributed by atoms with Crippen LogP contribution < -0.4 is 4.31 Å². The summed E-state index contributed by atoms with van der Waals surface area (Å²) in [5.41, 5.74) is 0.349. The van der Waals surface area contributed by atoms with Crippen molar-refractivity contribution in [3.8, 4) is 0 Å². The van der Waals surface area contributed by atoms with Crippen molar-refractivity contribution in [2.45, 2.75) is 30.8 Å². The molecule has 0 aliphatic carbocycles. The van der Waals surface area contributed by atoms with Crippen LogP contribution >= 0.6 is 27.5 Å². The summed E-state index contributed by atoms with van der Waals surface area (Å²) in [5, 5.41) is 4.19. The predicted molar refractivity (Wildman–Crippen MR) is 98.4 cm³/mol. The van der Waals surface area contributed by atoms with E-state index in [4.69, 9.17) is 16.3 Å². The van der Waals surface area contributed by atoms with Gasteiger partial charge in [0, 0.05) is 24.3 Å². The van der Waals surface area contributed by atoms with Crippen LogP contribution in [0.15, 0.2) is 27.7 Å². The third-order valence-electron chi connectivity index (χ3n) is 4.01. The van der Waals surface area contributed by atoms with E-state index in [0.717, 1.165) is 17.3 Å². The van der Waals surface area contributed by atoms with Crippen LogP contribution in [0.5, 0.6) is 0 Å². The van der Waals surface area contributed by atoms with Crippen LogP contribution in [-0.2, 0) is 21.8 Å². The molecule has 2 aromatic rings. The molecule has 0 saturated carbocycles. The highest BCUT2D eigenvalue weighted by molar-refractivity contribution is 9.10. The smallest absolute Gasteiger partial charge is 0.270 e. The lowest BCUT2D eigenvalue weighted by molar-refractivity contribution is 0.118. The molecule has 136 valence electrons. The van der Waals surface area contributed by atoms with E-state index in [9.17, 15) is 8.42 Å². The molecule has 0 spiro atoms. The maximum atomic E-state index is 13.3. The Labute approximate surface area is 160 Å². The SMILES string of the molecule is Cc1nn(C)c(Cl)c1S(=O)(=O)N(C[C@H]1CCCO1)c1ccc(Br)cn1. The van der Waals surface area contributed by atoms with Crippen molar-refractivity contribution >= 4 is 43.4 Å². The number of halogens is 2. The Balaban J connectivity index is 2.07. The quantitative estimate of drug-likeness (QED) is 0.701. The maximum absolute atomic E-state index is 13.3. The number of hydrogen-bond acceptors (Lipinski definition) is 5. The molecule has 0 aromatic carbocycles. The van der Waals surface area contributed by atoms with E-state index in [2.05, 4.69) is 26.0 Å². The number of hydrogen-bond donors (Lipinski definition) is 0. The van der Waals surface area contributed by atoms with Crippen LogP contribution in [0.25, 0.3) is 0 Å². The molecule has 1 saturated heterocycles. The first-order chi connectivity index (χ1) is 11.8. The highest BCUT2D eigenvalue weighted by Gasteiger charge is 2.35. The van der Waals surface area contributed by atoms with Gasteiger partial charge in [0.1, 0.15) is 15.9 Å². The zero-order valence-corrected chi connectivity index (χ0v) is 17.0. The van der Waals surface area contributed by atoms with Crippen molar-refractivity contribution < 1.29 is 13.2 Å². The first kappa shape index (κ1) is 18.6. The summed E-state index contributed by atoms with van der Waals surface area (Å²) in [4.78, 5) is 4.25. The highest BCUT2D eigenvalue weighted by atomic mass is 79.9. The van der Waals surface area contributed by atoms with Crippen molar-refractivity contribution in [2.24, 2.45) is 7.05 Å². The van der Waals surface area contributed by atoms with Gasteiger partial charge in [0.15, 0.2) is 0 Å². The molecule has 1 atom stereocenters. The molecule has 0 bridgehead atoms. The average molecular weight is 450 g/mol. The number of rotatable bonds is 5. The summed E-state index contributed by atoms with van der Waals surface area (Å²) >= 11 is 9.52. The van der Waals surface area contributed by atoms with E-state index in [-0.39, 0.29) is 22.7 Å². The van der Waals surface area contributed by atoms with Gasteiger partial charge in [-0.15, -0.1) is 0 Å². The Kier molecular flexibility index (Phi) is 5.38. The minimum absolute atomic E-state index is 0.000572. The monoisotopic (exact) mass is 448 g/mol. The molecule has 10 heteroatoms. The summed E-state index contributed by atoms with van der Waals surface area (Å²) in [7, 11) is -2.33. The molecule has 3 rings (SSSR count). The molecule has 0 unspecified atom stereocenters. The molecule has 0 radical (unpaired) electrons. The van der Waals surface area contributed by atoms with E-state index < -0.39 is 10.0 Å². The fourth-order valence-electron chi connectivity index (χ4n) is 2.82. The third kappa shape index (κ3) is 3.69. The van der Waals surface area contributed by atoms with Crippen molar-refractivity contribution in [3.05, 3.63) is 33.6 Å². The Morgan fingerprint density at radius 3 is 2.76 bits per heavy atom. The summed E-state index contributed by atoms with van der Waals surface area (Å²) in [6.45, 7) is 2.44. The number of sulfonamides is 1. The van der Waals surface area contributed by atoms with Crippen molar-refractivity contribution in [2.75, 3.05) is 17.5 Å². The normalized spacial score (nSPS) is 17.8. The van der Waals surface area contributed by atoms with Crippen molar-refractivity contribution in [1.29, 1.82) is 0 Å². The van der Waals surface area contributed by atoms with Gasteiger partial charge in [-0.1, -0.05) is 11.6 Å². The topological polar surface area (TPSA) is 77.3 Å². The van der Waals surface area contributed by atoms with Gasteiger partial charge in [-0.05, 0) is 47.8 Å². The third-order valence-corrected chi connectivity index (χ3v) is 6.94. The van der Waals surface area contributed by atoms with E-state index >= 15 is 0 Å². The van der Waals surface area contributed by atoms with Crippen LogP contribution in [0.4, 0.5) is 5.82 Å². The van der Waals surface area contributed by atoms with Gasteiger partial charge < -0.3 is 4.74 Å². The Morgan fingerprint density at radius 1 is 1.48 bits per heavy atom. The van der Waals surface area contributed by atoms with E-state index in [1.807, 2.05) is 0 Å². The molecule has 7 nitrogen and oxygen atoms in total. The molecule has 3 heterocycles. The summed E-state index contributed by atoms with van der Waals surface area (Å²) in [5.74, 6) is 0.318. The standard InChI is InChI=1S/C15H18BrClN4O3S/c1-10-14(15(17)20(2)19-10)25(22,23)21(9-12-4-3-7-24-12)13-6-5-11(16)8-18-13/h5-6,8,12H,3-4,7,9H2,1-2H3/t12-/m1/s1. The second-order valence-corrected chi connectivity index (χ2v) is 8.91. The van der Waals surface area contributed by atoms with Gasteiger partial charge in [-0.3, -0.25) is 4.68 Å². The van der Waals surface area contributed by atoms with Gasteiger partial charge in [0.25, 0.3) is 10.0 Å². The molecular formula is C15H18BrClN4O3S. The minimum Gasteiger partial charge on any atom is -0.376 e. The maximum Gasteiger partial charge on any atom is 0.270 e. The second-order valence-electron chi connectivity index (χ2n) is 5.83. The molecule has 1 aliphatic heterocycles. The molecule has 0 N–H and O–H groups in total. The number of ether oxygens (including phenoxy) is 1. The number of pyridine rings is 1. The van der Waals surface area contributed by atoms with E-state index in [1.165, 1.54) is 8.99 Å². The van der Waals surface area contributed by atoms with Gasteiger partial charge in [0.2, 0.25) is 0 Å². The lowest BCUT2D eigenvalue weighted by Gasteiger charge is -2.26. The Morgan fingerprint density at radius 2 is 2.24 bits per heavy atom. The van der Waals surface area contributed by atoms with Crippen LogP contribution in [0.2, 0.25) is 5.15 Å². The number of aryl methyl sites for hydroxylation is 2. The number of nitrogens with zero attached hydrogens (tertiary/aromatic N) is 4. The van der Waals surface area contributed by atoms with Crippen molar-refractivity contribution in [3.63, 3.8) is 0 Å². The fourth-order valence-corrected chi connectivity index (χ4v) is 5.22. The first-order valence-corrected chi connectivity index (χ1v) is 10.4. The first-order valence-electron chi connectivity index (χ1n) is 7.75. The Hall–Kier alpha value is -1.16. The van der Waals surface area contributed by atoms with Crippen LogP contribution in [0.1, 0.15) is 18.5 Å².